The van der Waals surface area contributed by atoms with Crippen molar-refractivity contribution in [2.45, 2.75) is 136 Å². The third-order valence-corrected chi connectivity index (χ3v) is 9.62. The number of carbonyl (C=O) groups excluding carboxylic acids is 2. The van der Waals surface area contributed by atoms with Gasteiger partial charge in [0.05, 0.1) is 0 Å². The van der Waals surface area contributed by atoms with Gasteiger partial charge in [0, 0.05) is 24.5 Å². The van der Waals surface area contributed by atoms with E-state index in [-0.39, 0.29) is 12.1 Å². The summed E-state index contributed by atoms with van der Waals surface area (Å²) in [6.07, 6.45) is 24.2. The van der Waals surface area contributed by atoms with E-state index >= 15 is 0 Å². The van der Waals surface area contributed by atoms with Crippen LogP contribution >= 0.6 is 0 Å². The normalized spacial score (nSPS) is 11.3. The molecule has 2 aromatic carbocycles. The van der Waals surface area contributed by atoms with Gasteiger partial charge in [0.2, 0.25) is 0 Å². The van der Waals surface area contributed by atoms with Gasteiger partial charge in [0.25, 0.3) is 0 Å². The van der Waals surface area contributed by atoms with Gasteiger partial charge in [-0.15, -0.1) is 0 Å². The molecule has 0 saturated carbocycles. The average Bonchev–Trinajstić information content (AvgIpc) is 3.12. The zero-order valence-electron chi connectivity index (χ0n) is 33.0. The zero-order chi connectivity index (χ0) is 36.8. The first-order chi connectivity index (χ1) is 24.9. The van der Waals surface area contributed by atoms with Crippen LogP contribution in [0.3, 0.4) is 0 Å². The molecule has 2 aromatic rings. The van der Waals surface area contributed by atoms with Crippen molar-refractivity contribution >= 4 is 23.4 Å². The summed E-state index contributed by atoms with van der Waals surface area (Å²) < 4.78 is 0. The molecule has 0 heterocycles. The van der Waals surface area contributed by atoms with Gasteiger partial charge < -0.3 is 31.1 Å². The van der Waals surface area contributed by atoms with Gasteiger partial charge in [-0.1, -0.05) is 128 Å². The Bertz CT molecular complexity index is 1050. The number of urea groups is 2. The predicted octanol–water partition coefficient (Wildman–Crippen LogP) is 10.4. The molecule has 8 heteroatoms. The average molecular weight is 707 g/mol. The first kappa shape index (κ1) is 44.1. The maximum Gasteiger partial charge on any atom is 0.319 e. The standard InChI is InChI=1S/C43H74N6O2/c1-5-7-9-11-13-15-17-19-33-48(3)35-21-31-44-42(50)46-40-27-23-38(24-28-40)37-39-25-29-41(30-26-39)47-43(51)45-32-22-36-49(4)34-20-18-16-14-12-10-8-6-2/h23-30H,5-22,31-37H2,1-4H3,(H2,44,46,50)(H2,45,47,51). The minimum absolute atomic E-state index is 0.165. The van der Waals surface area contributed by atoms with E-state index in [2.05, 4.69) is 59.0 Å². The van der Waals surface area contributed by atoms with E-state index in [4.69, 9.17) is 0 Å². The molecule has 0 aliphatic rings. The molecule has 0 unspecified atom stereocenters. The molecule has 0 aliphatic heterocycles. The van der Waals surface area contributed by atoms with Crippen LogP contribution in [-0.4, -0.2) is 75.2 Å². The Labute approximate surface area is 312 Å². The van der Waals surface area contributed by atoms with Gasteiger partial charge in [-0.3, -0.25) is 0 Å². The Morgan fingerprint density at radius 2 is 0.765 bits per heavy atom. The maximum atomic E-state index is 12.4. The van der Waals surface area contributed by atoms with Gasteiger partial charge in [-0.2, -0.15) is 0 Å². The Kier molecular flexibility index (Phi) is 25.5. The molecule has 0 aromatic heterocycles. The quantitative estimate of drug-likeness (QED) is 0.0609. The Morgan fingerprint density at radius 3 is 1.12 bits per heavy atom. The molecule has 0 fully saturated rings. The van der Waals surface area contributed by atoms with Gasteiger partial charge in [0.1, 0.15) is 0 Å². The van der Waals surface area contributed by atoms with Gasteiger partial charge in [-0.25, -0.2) is 9.59 Å². The molecule has 0 aliphatic carbocycles. The molecule has 0 radical (unpaired) electrons. The first-order valence-corrected chi connectivity index (χ1v) is 20.5. The molecule has 288 valence electrons. The molecule has 4 amide bonds. The molecule has 2 rings (SSSR count). The van der Waals surface area contributed by atoms with Crippen molar-refractivity contribution in [3.05, 3.63) is 59.7 Å². The number of anilines is 2. The number of nitrogens with one attached hydrogen (secondary N) is 4. The van der Waals surface area contributed by atoms with Crippen LogP contribution in [0.5, 0.6) is 0 Å². The topological polar surface area (TPSA) is 88.7 Å². The predicted molar refractivity (Wildman–Crippen MR) is 219 cm³/mol. The van der Waals surface area contributed by atoms with Crippen LogP contribution in [-0.2, 0) is 6.42 Å². The van der Waals surface area contributed by atoms with Crippen molar-refractivity contribution in [2.75, 3.05) is 64.0 Å². The number of nitrogens with zero attached hydrogens (tertiary/aromatic N) is 2. The Hall–Kier alpha value is -3.10. The number of unbranched alkanes of at least 4 members (excludes halogenated alkanes) is 14. The fourth-order valence-corrected chi connectivity index (χ4v) is 6.35. The molecule has 0 atom stereocenters. The Morgan fingerprint density at radius 1 is 0.451 bits per heavy atom. The summed E-state index contributed by atoms with van der Waals surface area (Å²) >= 11 is 0. The molecular formula is C43H74N6O2. The maximum absolute atomic E-state index is 12.4. The van der Waals surface area contributed by atoms with Gasteiger partial charge >= 0.3 is 12.1 Å². The summed E-state index contributed by atoms with van der Waals surface area (Å²) in [6, 6.07) is 15.6. The lowest BCUT2D eigenvalue weighted by Crippen LogP contribution is -2.31. The minimum atomic E-state index is -0.165. The van der Waals surface area contributed by atoms with Crippen molar-refractivity contribution in [3.8, 4) is 0 Å². The van der Waals surface area contributed by atoms with E-state index in [1.807, 2.05) is 48.5 Å². The van der Waals surface area contributed by atoms with Crippen molar-refractivity contribution in [1.82, 2.24) is 20.4 Å². The lowest BCUT2D eigenvalue weighted by atomic mass is 10.0. The largest absolute Gasteiger partial charge is 0.338 e. The third-order valence-electron chi connectivity index (χ3n) is 9.62. The zero-order valence-corrected chi connectivity index (χ0v) is 33.0. The third kappa shape index (κ3) is 23.9. The van der Waals surface area contributed by atoms with Crippen LogP contribution in [0.2, 0.25) is 0 Å². The van der Waals surface area contributed by atoms with Crippen molar-refractivity contribution in [1.29, 1.82) is 0 Å². The summed E-state index contributed by atoms with van der Waals surface area (Å²) in [7, 11) is 4.35. The molecule has 4 N–H and O–H groups in total. The number of amides is 4. The summed E-state index contributed by atoms with van der Waals surface area (Å²) in [5.74, 6) is 0. The van der Waals surface area contributed by atoms with Gasteiger partial charge in [0.15, 0.2) is 0 Å². The van der Waals surface area contributed by atoms with E-state index in [9.17, 15) is 9.59 Å². The Balaban J connectivity index is 1.52. The number of hydrogen-bond acceptors (Lipinski definition) is 4. The summed E-state index contributed by atoms with van der Waals surface area (Å²) in [4.78, 5) is 29.5. The smallest absolute Gasteiger partial charge is 0.319 e. The lowest BCUT2D eigenvalue weighted by Gasteiger charge is -2.16. The molecule has 0 spiro atoms. The van der Waals surface area contributed by atoms with E-state index in [1.165, 1.54) is 103 Å². The SMILES string of the molecule is CCCCCCCCCCN(C)CCCNC(=O)Nc1ccc(Cc2ccc(NC(=O)NCCCN(C)CCCCCCCCCC)cc2)cc1. The van der Waals surface area contributed by atoms with Crippen LogP contribution in [0.25, 0.3) is 0 Å². The van der Waals surface area contributed by atoms with Crippen LogP contribution < -0.4 is 21.3 Å². The summed E-state index contributed by atoms with van der Waals surface area (Å²) in [5.41, 5.74) is 3.88. The second-order valence-electron chi connectivity index (χ2n) is 14.6. The highest BCUT2D eigenvalue weighted by Crippen LogP contribution is 2.16. The molecule has 0 saturated heterocycles. The number of carbonyl (C=O) groups is 2. The van der Waals surface area contributed by atoms with Crippen LogP contribution in [0, 0.1) is 0 Å². The molecule has 51 heavy (non-hydrogen) atoms. The fraction of sp³-hybridized carbons (Fsp3) is 0.674. The van der Waals surface area contributed by atoms with E-state index in [0.29, 0.717) is 13.1 Å². The second-order valence-corrected chi connectivity index (χ2v) is 14.6. The summed E-state index contributed by atoms with van der Waals surface area (Å²) in [6.45, 7) is 10.1. The molecule has 0 bridgehead atoms. The number of rotatable bonds is 30. The van der Waals surface area contributed by atoms with E-state index in [1.54, 1.807) is 0 Å². The fourth-order valence-electron chi connectivity index (χ4n) is 6.35. The van der Waals surface area contributed by atoms with Crippen LogP contribution in [0.15, 0.2) is 48.5 Å². The monoisotopic (exact) mass is 707 g/mol. The van der Waals surface area contributed by atoms with E-state index < -0.39 is 0 Å². The lowest BCUT2D eigenvalue weighted by molar-refractivity contribution is 0.250. The number of hydrogen-bond donors (Lipinski definition) is 4. The van der Waals surface area contributed by atoms with Crippen LogP contribution in [0.4, 0.5) is 21.0 Å². The van der Waals surface area contributed by atoms with Gasteiger partial charge in [-0.05, 0) is 108 Å². The second kappa shape index (κ2) is 29.5. The number of benzene rings is 2. The van der Waals surface area contributed by atoms with Crippen LogP contribution in [0.1, 0.15) is 141 Å². The van der Waals surface area contributed by atoms with Crippen molar-refractivity contribution < 1.29 is 9.59 Å². The summed E-state index contributed by atoms with van der Waals surface area (Å²) in [5, 5.41) is 11.8. The molecular weight excluding hydrogens is 633 g/mol. The first-order valence-electron chi connectivity index (χ1n) is 20.5. The van der Waals surface area contributed by atoms with Crippen molar-refractivity contribution in [2.24, 2.45) is 0 Å². The highest BCUT2D eigenvalue weighted by molar-refractivity contribution is 5.89. The minimum Gasteiger partial charge on any atom is -0.338 e. The molecule has 8 nitrogen and oxygen atoms in total. The highest BCUT2D eigenvalue weighted by Gasteiger charge is 2.06. The van der Waals surface area contributed by atoms with E-state index in [0.717, 1.165) is 67.9 Å². The van der Waals surface area contributed by atoms with Crippen molar-refractivity contribution in [3.63, 3.8) is 0 Å². The highest BCUT2D eigenvalue weighted by atomic mass is 16.2.